The van der Waals surface area contributed by atoms with Crippen LogP contribution in [-0.4, -0.2) is 9.55 Å². The van der Waals surface area contributed by atoms with Gasteiger partial charge in [-0.1, -0.05) is 6.07 Å². The Hall–Kier alpha value is -2.10. The molecule has 0 fully saturated rings. The third-order valence-electron chi connectivity index (χ3n) is 2.40. The zero-order valence-electron chi connectivity index (χ0n) is 8.93. The van der Waals surface area contributed by atoms with Crippen molar-refractivity contribution in [2.45, 2.75) is 13.5 Å². The minimum atomic E-state index is -0.0934. The summed E-state index contributed by atoms with van der Waals surface area (Å²) in [5, 5.41) is 0. The maximum absolute atomic E-state index is 11.5. The van der Waals surface area contributed by atoms with Crippen molar-refractivity contribution in [2.24, 2.45) is 0 Å². The fourth-order valence-electron chi connectivity index (χ4n) is 1.54. The third-order valence-corrected chi connectivity index (χ3v) is 2.40. The highest BCUT2D eigenvalue weighted by Crippen LogP contribution is 1.99. The largest absolute Gasteiger partial charge is 0.329 e. The van der Waals surface area contributed by atoms with Gasteiger partial charge in [-0.3, -0.25) is 9.59 Å². The van der Waals surface area contributed by atoms with E-state index in [2.05, 4.69) is 4.98 Å². The second-order valence-corrected chi connectivity index (χ2v) is 3.69. The first-order chi connectivity index (χ1) is 7.66. The van der Waals surface area contributed by atoms with E-state index >= 15 is 0 Å². The van der Waals surface area contributed by atoms with Gasteiger partial charge in [0.2, 0.25) is 0 Å². The normalized spacial score (nSPS) is 10.3. The van der Waals surface area contributed by atoms with E-state index in [-0.39, 0.29) is 11.1 Å². The van der Waals surface area contributed by atoms with E-state index in [1.165, 1.54) is 6.07 Å². The molecule has 0 unspecified atom stereocenters. The Morgan fingerprint density at radius 3 is 2.81 bits per heavy atom. The van der Waals surface area contributed by atoms with Crippen molar-refractivity contribution in [1.29, 1.82) is 0 Å². The highest BCUT2D eigenvalue weighted by Gasteiger charge is 1.99. The Kier molecular flexibility index (Phi) is 2.72. The van der Waals surface area contributed by atoms with Crippen molar-refractivity contribution in [3.63, 3.8) is 0 Å². The number of pyridine rings is 2. The van der Waals surface area contributed by atoms with E-state index in [0.717, 1.165) is 5.56 Å². The van der Waals surface area contributed by atoms with Crippen LogP contribution in [-0.2, 0) is 6.54 Å². The predicted molar refractivity (Wildman–Crippen MR) is 61.6 cm³/mol. The fourth-order valence-corrected chi connectivity index (χ4v) is 1.54. The summed E-state index contributed by atoms with van der Waals surface area (Å²) in [6, 6.07) is 6.81. The number of nitrogens with one attached hydrogen (secondary N) is 1. The Balaban J connectivity index is 2.35. The van der Waals surface area contributed by atoms with Crippen LogP contribution in [0.2, 0.25) is 0 Å². The molecule has 2 aromatic rings. The zero-order chi connectivity index (χ0) is 11.5. The van der Waals surface area contributed by atoms with Crippen LogP contribution in [0, 0.1) is 6.92 Å². The number of aromatic nitrogens is 2. The summed E-state index contributed by atoms with van der Waals surface area (Å²) >= 11 is 0. The van der Waals surface area contributed by atoms with Crippen molar-refractivity contribution in [1.82, 2.24) is 9.55 Å². The van der Waals surface area contributed by atoms with Crippen LogP contribution < -0.4 is 11.1 Å². The van der Waals surface area contributed by atoms with E-state index in [1.54, 1.807) is 42.1 Å². The van der Waals surface area contributed by atoms with E-state index in [1.807, 2.05) is 0 Å². The zero-order valence-corrected chi connectivity index (χ0v) is 8.93. The second-order valence-electron chi connectivity index (χ2n) is 3.69. The van der Waals surface area contributed by atoms with Crippen molar-refractivity contribution in [3.05, 3.63) is 68.5 Å². The second kappa shape index (κ2) is 4.18. The minimum absolute atomic E-state index is 0.0497. The maximum atomic E-state index is 11.5. The fraction of sp³-hybridized carbons (Fsp3) is 0.167. The van der Waals surface area contributed by atoms with Crippen LogP contribution in [0.25, 0.3) is 0 Å². The Labute approximate surface area is 92.2 Å². The number of aryl methyl sites for hydroxylation is 1. The number of aromatic amines is 1. The summed E-state index contributed by atoms with van der Waals surface area (Å²) in [4.78, 5) is 25.3. The number of hydrogen-bond donors (Lipinski definition) is 1. The van der Waals surface area contributed by atoms with Gasteiger partial charge in [-0.15, -0.1) is 0 Å². The van der Waals surface area contributed by atoms with Gasteiger partial charge in [-0.05, 0) is 24.6 Å². The average Bonchev–Trinajstić information content (AvgIpc) is 2.27. The first kappa shape index (κ1) is 10.4. The van der Waals surface area contributed by atoms with Crippen LogP contribution in [0.1, 0.15) is 11.1 Å². The molecule has 0 spiro atoms. The molecule has 0 aliphatic carbocycles. The first-order valence-electron chi connectivity index (χ1n) is 5.00. The summed E-state index contributed by atoms with van der Waals surface area (Å²) in [5.74, 6) is 0. The van der Waals surface area contributed by atoms with Gasteiger partial charge in [-0.2, -0.15) is 0 Å². The summed E-state index contributed by atoms with van der Waals surface area (Å²) in [7, 11) is 0. The van der Waals surface area contributed by atoms with Gasteiger partial charge in [0, 0.05) is 24.0 Å². The lowest BCUT2D eigenvalue weighted by molar-refractivity contribution is 0.754. The van der Waals surface area contributed by atoms with Crippen molar-refractivity contribution in [2.75, 3.05) is 0 Å². The molecule has 0 radical (unpaired) electrons. The standard InChI is InChI=1S/C12H12N2O2/c1-9-6-10(7-13-12(9)16)8-14-5-3-2-4-11(14)15/h2-7H,8H2,1H3,(H,13,16). The topological polar surface area (TPSA) is 54.9 Å². The molecule has 1 N–H and O–H groups in total. The Morgan fingerprint density at radius 1 is 1.31 bits per heavy atom. The molecule has 2 rings (SSSR count). The molecule has 4 nitrogen and oxygen atoms in total. The van der Waals surface area contributed by atoms with Crippen LogP contribution in [0.3, 0.4) is 0 Å². The van der Waals surface area contributed by atoms with Gasteiger partial charge in [-0.25, -0.2) is 0 Å². The van der Waals surface area contributed by atoms with Gasteiger partial charge in [0.1, 0.15) is 0 Å². The highest BCUT2D eigenvalue weighted by molar-refractivity contribution is 5.17. The van der Waals surface area contributed by atoms with Crippen LogP contribution in [0.4, 0.5) is 0 Å². The molecule has 16 heavy (non-hydrogen) atoms. The molecule has 0 saturated carbocycles. The van der Waals surface area contributed by atoms with Gasteiger partial charge < -0.3 is 9.55 Å². The van der Waals surface area contributed by atoms with Gasteiger partial charge >= 0.3 is 0 Å². The SMILES string of the molecule is Cc1cc(Cn2ccccc2=O)c[nH]c1=O. The molecule has 0 atom stereocenters. The molecule has 0 aliphatic rings. The Morgan fingerprint density at radius 2 is 2.12 bits per heavy atom. The first-order valence-corrected chi connectivity index (χ1v) is 5.00. The average molecular weight is 216 g/mol. The lowest BCUT2D eigenvalue weighted by Crippen LogP contribution is -2.19. The molecule has 2 heterocycles. The predicted octanol–water partition coefficient (Wildman–Crippen LogP) is 0.893. The number of hydrogen-bond acceptors (Lipinski definition) is 2. The summed E-state index contributed by atoms with van der Waals surface area (Å²) in [5.41, 5.74) is 1.42. The molecule has 82 valence electrons. The summed E-state index contributed by atoms with van der Waals surface area (Å²) in [6.07, 6.45) is 3.36. The monoisotopic (exact) mass is 216 g/mol. The van der Waals surface area contributed by atoms with Gasteiger partial charge in [0.25, 0.3) is 11.1 Å². The maximum Gasteiger partial charge on any atom is 0.250 e. The smallest absolute Gasteiger partial charge is 0.250 e. The number of nitrogens with zero attached hydrogens (tertiary/aromatic N) is 1. The van der Waals surface area contributed by atoms with Crippen LogP contribution in [0.5, 0.6) is 0 Å². The van der Waals surface area contributed by atoms with Gasteiger partial charge in [0.05, 0.1) is 6.54 Å². The number of H-pyrrole nitrogens is 1. The molecule has 0 saturated heterocycles. The van der Waals surface area contributed by atoms with E-state index in [4.69, 9.17) is 0 Å². The molecule has 0 aromatic carbocycles. The lowest BCUT2D eigenvalue weighted by atomic mass is 10.2. The van der Waals surface area contributed by atoms with Crippen molar-refractivity contribution >= 4 is 0 Å². The molecule has 0 amide bonds. The third kappa shape index (κ3) is 2.11. The molecule has 4 heteroatoms. The molecule has 0 bridgehead atoms. The highest BCUT2D eigenvalue weighted by atomic mass is 16.1. The summed E-state index contributed by atoms with van der Waals surface area (Å²) < 4.78 is 1.59. The lowest BCUT2D eigenvalue weighted by Gasteiger charge is -2.05. The molecular weight excluding hydrogens is 204 g/mol. The number of rotatable bonds is 2. The molecule has 0 aliphatic heterocycles. The van der Waals surface area contributed by atoms with Crippen LogP contribution >= 0.6 is 0 Å². The quantitative estimate of drug-likeness (QED) is 0.810. The van der Waals surface area contributed by atoms with Crippen LogP contribution in [0.15, 0.2) is 46.2 Å². The van der Waals surface area contributed by atoms with E-state index in [9.17, 15) is 9.59 Å². The van der Waals surface area contributed by atoms with Gasteiger partial charge in [0.15, 0.2) is 0 Å². The molecule has 2 aromatic heterocycles. The van der Waals surface area contributed by atoms with E-state index < -0.39 is 0 Å². The summed E-state index contributed by atoms with van der Waals surface area (Å²) in [6.45, 7) is 2.22. The van der Waals surface area contributed by atoms with E-state index in [0.29, 0.717) is 12.1 Å². The molecular formula is C12H12N2O2. The Bertz CT molecular complexity index is 611. The van der Waals surface area contributed by atoms with Crippen molar-refractivity contribution < 1.29 is 0 Å². The van der Waals surface area contributed by atoms with Crippen molar-refractivity contribution in [3.8, 4) is 0 Å². The minimum Gasteiger partial charge on any atom is -0.329 e.